The lowest BCUT2D eigenvalue weighted by atomic mass is 10.2. The minimum absolute atomic E-state index is 0.398. The molecule has 4 heteroatoms. The van der Waals surface area contributed by atoms with Crippen LogP contribution in [-0.2, 0) is 0 Å². The summed E-state index contributed by atoms with van der Waals surface area (Å²) in [5.74, 6) is 6.66. The van der Waals surface area contributed by atoms with Crippen LogP contribution in [0.15, 0.2) is 4.99 Å². The van der Waals surface area contributed by atoms with Gasteiger partial charge in [-0.05, 0) is 17.8 Å². The Morgan fingerprint density at radius 1 is 1.57 bits per heavy atom. The van der Waals surface area contributed by atoms with Gasteiger partial charge in [0.05, 0.1) is 0 Å². The van der Waals surface area contributed by atoms with Crippen molar-refractivity contribution in [3.8, 4) is 0 Å². The molecule has 82 valence electrons. The number of hydrazine groups is 1. The Morgan fingerprint density at radius 3 is 2.50 bits per heavy atom. The molecule has 4 N–H and O–H groups in total. The Hall–Kier alpha value is -0.770. The van der Waals surface area contributed by atoms with E-state index in [0.29, 0.717) is 23.3 Å². The number of hydrogen-bond donors (Lipinski definition) is 3. The largest absolute Gasteiger partial charge is 0.352 e. The third-order valence-electron chi connectivity index (χ3n) is 2.58. The molecule has 1 saturated carbocycles. The fourth-order valence-corrected chi connectivity index (χ4v) is 1.29. The summed E-state index contributed by atoms with van der Waals surface area (Å²) in [5.41, 5.74) is 3.00. The molecule has 0 saturated heterocycles. The minimum Gasteiger partial charge on any atom is -0.352 e. The summed E-state index contributed by atoms with van der Waals surface area (Å²) in [5, 5.41) is 3.30. The van der Waals surface area contributed by atoms with Crippen molar-refractivity contribution in [2.75, 3.05) is 6.54 Å². The topological polar surface area (TPSA) is 62.4 Å². The molecule has 0 spiro atoms. The van der Waals surface area contributed by atoms with E-state index in [1.807, 2.05) is 0 Å². The highest BCUT2D eigenvalue weighted by molar-refractivity contribution is 5.79. The Bertz CT molecular complexity index is 220. The zero-order valence-corrected chi connectivity index (χ0v) is 9.59. The second-order valence-corrected chi connectivity index (χ2v) is 5.12. The van der Waals surface area contributed by atoms with Crippen molar-refractivity contribution in [1.29, 1.82) is 0 Å². The van der Waals surface area contributed by atoms with Crippen molar-refractivity contribution in [3.63, 3.8) is 0 Å². The van der Waals surface area contributed by atoms with E-state index in [1.54, 1.807) is 0 Å². The van der Waals surface area contributed by atoms with E-state index in [0.717, 1.165) is 6.54 Å². The first-order valence-electron chi connectivity index (χ1n) is 5.23. The van der Waals surface area contributed by atoms with E-state index in [-0.39, 0.29) is 0 Å². The molecule has 0 radical (unpaired) electrons. The second kappa shape index (κ2) is 4.17. The van der Waals surface area contributed by atoms with Gasteiger partial charge in [0.15, 0.2) is 0 Å². The van der Waals surface area contributed by atoms with E-state index in [4.69, 9.17) is 5.84 Å². The molecule has 1 unspecified atom stereocenters. The lowest BCUT2D eigenvalue weighted by Crippen LogP contribution is -2.43. The first-order chi connectivity index (χ1) is 6.45. The Labute approximate surface area is 86.3 Å². The first kappa shape index (κ1) is 11.3. The van der Waals surface area contributed by atoms with Crippen molar-refractivity contribution in [3.05, 3.63) is 0 Å². The summed E-state index contributed by atoms with van der Waals surface area (Å²) in [6.07, 6.45) is 1.19. The van der Waals surface area contributed by atoms with E-state index in [1.165, 1.54) is 6.42 Å². The summed E-state index contributed by atoms with van der Waals surface area (Å²) in [6.45, 7) is 9.56. The van der Waals surface area contributed by atoms with Gasteiger partial charge < -0.3 is 5.32 Å². The predicted molar refractivity (Wildman–Crippen MR) is 59.8 cm³/mol. The van der Waals surface area contributed by atoms with Gasteiger partial charge in [-0.15, -0.1) is 0 Å². The number of nitrogens with one attached hydrogen (secondary N) is 2. The molecule has 1 aliphatic carbocycles. The summed E-state index contributed by atoms with van der Waals surface area (Å²) >= 11 is 0. The van der Waals surface area contributed by atoms with Gasteiger partial charge in [0, 0.05) is 12.6 Å². The Kier molecular flexibility index (Phi) is 3.37. The van der Waals surface area contributed by atoms with Gasteiger partial charge in [-0.3, -0.25) is 10.4 Å². The molecule has 1 fully saturated rings. The average Bonchev–Trinajstić information content (AvgIpc) is 2.67. The number of rotatable bonds is 3. The second-order valence-electron chi connectivity index (χ2n) is 5.12. The molecule has 0 aromatic rings. The van der Waals surface area contributed by atoms with Crippen LogP contribution in [0.4, 0.5) is 0 Å². The molecule has 0 aromatic heterocycles. The van der Waals surface area contributed by atoms with Gasteiger partial charge in [-0.25, -0.2) is 5.84 Å². The van der Waals surface area contributed by atoms with Crippen LogP contribution < -0.4 is 16.6 Å². The quantitative estimate of drug-likeness (QED) is 0.273. The third-order valence-corrected chi connectivity index (χ3v) is 2.58. The molecule has 1 aliphatic rings. The smallest absolute Gasteiger partial charge is 0.205 e. The molecule has 14 heavy (non-hydrogen) atoms. The zero-order chi connectivity index (χ0) is 10.8. The van der Waals surface area contributed by atoms with Crippen molar-refractivity contribution >= 4 is 5.96 Å². The highest BCUT2D eigenvalue weighted by atomic mass is 15.3. The Balaban J connectivity index is 2.36. The monoisotopic (exact) mass is 198 g/mol. The maximum Gasteiger partial charge on any atom is 0.205 e. The summed E-state index contributed by atoms with van der Waals surface area (Å²) in [6, 6.07) is 0.518. The number of guanidine groups is 1. The lowest BCUT2D eigenvalue weighted by molar-refractivity contribution is 0.586. The van der Waals surface area contributed by atoms with Crippen LogP contribution in [0.3, 0.4) is 0 Å². The molecule has 1 rings (SSSR count). The van der Waals surface area contributed by atoms with Gasteiger partial charge >= 0.3 is 0 Å². The molecule has 0 amide bonds. The number of hydrogen-bond acceptors (Lipinski definition) is 2. The van der Waals surface area contributed by atoms with Crippen LogP contribution in [-0.4, -0.2) is 18.5 Å². The maximum atomic E-state index is 5.38. The van der Waals surface area contributed by atoms with Gasteiger partial charge in [-0.2, -0.15) is 0 Å². The van der Waals surface area contributed by atoms with Crippen molar-refractivity contribution in [1.82, 2.24) is 10.7 Å². The minimum atomic E-state index is 0.398. The number of nitrogens with two attached hydrogens (primary N) is 1. The third kappa shape index (κ3) is 3.18. The Morgan fingerprint density at radius 2 is 2.14 bits per heavy atom. The van der Waals surface area contributed by atoms with Gasteiger partial charge in [0.2, 0.25) is 5.96 Å². The molecule has 0 bridgehead atoms. The predicted octanol–water partition coefficient (Wildman–Crippen LogP) is 0.850. The molecule has 0 aromatic carbocycles. The van der Waals surface area contributed by atoms with Gasteiger partial charge in [0.1, 0.15) is 0 Å². The normalized spacial score (nSPS) is 25.0. The molecular formula is C10H22N4. The van der Waals surface area contributed by atoms with Gasteiger partial charge in [-0.1, -0.05) is 27.7 Å². The number of aliphatic imine (C=N–C) groups is 1. The van der Waals surface area contributed by atoms with E-state index in [2.05, 4.69) is 43.4 Å². The van der Waals surface area contributed by atoms with Crippen molar-refractivity contribution < 1.29 is 0 Å². The van der Waals surface area contributed by atoms with Crippen molar-refractivity contribution in [2.24, 2.45) is 22.2 Å². The molecule has 4 nitrogen and oxygen atoms in total. The maximum absolute atomic E-state index is 5.38. The summed E-state index contributed by atoms with van der Waals surface area (Å²) in [7, 11) is 0. The SMILES string of the molecule is CC(C)CN=C(NN)NC1CC1(C)C. The van der Waals surface area contributed by atoms with Crippen LogP contribution in [0.5, 0.6) is 0 Å². The first-order valence-corrected chi connectivity index (χ1v) is 5.23. The highest BCUT2D eigenvalue weighted by Crippen LogP contribution is 2.44. The van der Waals surface area contributed by atoms with Crippen LogP contribution in [0.2, 0.25) is 0 Å². The molecule has 1 atom stereocenters. The van der Waals surface area contributed by atoms with E-state index in [9.17, 15) is 0 Å². The van der Waals surface area contributed by atoms with Crippen LogP contribution in [0.1, 0.15) is 34.1 Å². The standard InChI is InChI=1S/C10H22N4/c1-7(2)6-12-9(14-11)13-8-5-10(8,3)4/h7-8H,5-6,11H2,1-4H3,(H2,12,13,14). The summed E-state index contributed by atoms with van der Waals surface area (Å²) < 4.78 is 0. The zero-order valence-electron chi connectivity index (χ0n) is 9.59. The van der Waals surface area contributed by atoms with Crippen molar-refractivity contribution in [2.45, 2.75) is 40.2 Å². The van der Waals surface area contributed by atoms with Gasteiger partial charge in [0.25, 0.3) is 0 Å². The van der Waals surface area contributed by atoms with E-state index >= 15 is 0 Å². The average molecular weight is 198 g/mol. The fourth-order valence-electron chi connectivity index (χ4n) is 1.29. The molecule has 0 heterocycles. The lowest BCUT2D eigenvalue weighted by Gasteiger charge is -2.11. The van der Waals surface area contributed by atoms with Crippen LogP contribution in [0.25, 0.3) is 0 Å². The number of nitrogens with zero attached hydrogens (tertiary/aromatic N) is 1. The summed E-state index contributed by atoms with van der Waals surface area (Å²) in [4.78, 5) is 4.36. The fraction of sp³-hybridized carbons (Fsp3) is 0.900. The van der Waals surface area contributed by atoms with E-state index < -0.39 is 0 Å². The molecule has 0 aliphatic heterocycles. The van der Waals surface area contributed by atoms with Crippen LogP contribution in [0, 0.1) is 11.3 Å². The molecular weight excluding hydrogens is 176 g/mol. The van der Waals surface area contributed by atoms with Crippen LogP contribution >= 0.6 is 0 Å². The highest BCUT2D eigenvalue weighted by Gasteiger charge is 2.46.